The van der Waals surface area contributed by atoms with Crippen molar-refractivity contribution in [2.75, 3.05) is 12.4 Å². The van der Waals surface area contributed by atoms with Crippen molar-refractivity contribution in [3.05, 3.63) is 59.4 Å². The van der Waals surface area contributed by atoms with Gasteiger partial charge >= 0.3 is 0 Å². The number of aryl methyl sites for hydroxylation is 1. The number of amides is 1. The molecule has 0 aliphatic rings. The number of anilines is 1. The molecule has 104 valence electrons. The third kappa shape index (κ3) is 3.03. The Morgan fingerprint density at radius 1 is 1.20 bits per heavy atom. The minimum atomic E-state index is -0.133. The first-order chi connectivity index (χ1) is 9.63. The zero-order chi connectivity index (χ0) is 14.5. The Hall–Kier alpha value is -2.20. The SMILES string of the molecule is CNC(C)c1ccccc1NC(=O)c1cccnc1C. The fourth-order valence-corrected chi connectivity index (χ4v) is 2.06. The maximum absolute atomic E-state index is 12.3. The van der Waals surface area contributed by atoms with Crippen LogP contribution in [0.15, 0.2) is 42.6 Å². The van der Waals surface area contributed by atoms with Gasteiger partial charge in [-0.1, -0.05) is 18.2 Å². The van der Waals surface area contributed by atoms with E-state index < -0.39 is 0 Å². The van der Waals surface area contributed by atoms with Crippen LogP contribution in [-0.2, 0) is 0 Å². The summed E-state index contributed by atoms with van der Waals surface area (Å²) in [5, 5.41) is 6.15. The molecule has 1 amide bonds. The van der Waals surface area contributed by atoms with Gasteiger partial charge in [-0.05, 0) is 44.7 Å². The van der Waals surface area contributed by atoms with Crippen molar-refractivity contribution in [1.29, 1.82) is 0 Å². The van der Waals surface area contributed by atoms with Gasteiger partial charge in [0.1, 0.15) is 0 Å². The summed E-state index contributed by atoms with van der Waals surface area (Å²) in [6.45, 7) is 3.89. The molecule has 1 heterocycles. The molecular weight excluding hydrogens is 250 g/mol. The number of aromatic nitrogens is 1. The van der Waals surface area contributed by atoms with Crippen LogP contribution >= 0.6 is 0 Å². The lowest BCUT2D eigenvalue weighted by Gasteiger charge is -2.16. The zero-order valence-corrected chi connectivity index (χ0v) is 12.0. The topological polar surface area (TPSA) is 54.0 Å². The second kappa shape index (κ2) is 6.30. The molecule has 1 aromatic heterocycles. The molecule has 20 heavy (non-hydrogen) atoms. The minimum absolute atomic E-state index is 0.133. The van der Waals surface area contributed by atoms with E-state index in [1.807, 2.05) is 38.2 Å². The van der Waals surface area contributed by atoms with Gasteiger partial charge in [-0.3, -0.25) is 9.78 Å². The molecule has 0 bridgehead atoms. The number of rotatable bonds is 4. The maximum Gasteiger partial charge on any atom is 0.257 e. The fourth-order valence-electron chi connectivity index (χ4n) is 2.06. The van der Waals surface area contributed by atoms with Crippen molar-refractivity contribution in [2.24, 2.45) is 0 Å². The van der Waals surface area contributed by atoms with Gasteiger partial charge in [-0.15, -0.1) is 0 Å². The summed E-state index contributed by atoms with van der Waals surface area (Å²) in [5.74, 6) is -0.133. The van der Waals surface area contributed by atoms with Crippen molar-refractivity contribution in [2.45, 2.75) is 19.9 Å². The number of benzene rings is 1. The van der Waals surface area contributed by atoms with E-state index in [9.17, 15) is 4.79 Å². The van der Waals surface area contributed by atoms with Gasteiger partial charge < -0.3 is 10.6 Å². The lowest BCUT2D eigenvalue weighted by atomic mass is 10.1. The van der Waals surface area contributed by atoms with E-state index in [1.54, 1.807) is 18.3 Å². The Morgan fingerprint density at radius 2 is 1.95 bits per heavy atom. The second-order valence-electron chi connectivity index (χ2n) is 4.69. The van der Waals surface area contributed by atoms with Crippen molar-refractivity contribution in [3.63, 3.8) is 0 Å². The molecule has 2 aromatic rings. The third-order valence-corrected chi connectivity index (χ3v) is 3.36. The first-order valence-electron chi connectivity index (χ1n) is 6.62. The predicted octanol–water partition coefficient (Wildman–Crippen LogP) is 2.92. The van der Waals surface area contributed by atoms with Gasteiger partial charge in [0.05, 0.1) is 5.56 Å². The normalized spacial score (nSPS) is 11.9. The molecule has 1 atom stereocenters. The number of hydrogen-bond acceptors (Lipinski definition) is 3. The Bertz CT molecular complexity index is 610. The van der Waals surface area contributed by atoms with Crippen molar-refractivity contribution in [3.8, 4) is 0 Å². The first kappa shape index (κ1) is 14.2. The molecule has 2 rings (SSSR count). The molecule has 1 aromatic carbocycles. The van der Waals surface area contributed by atoms with Crippen LogP contribution in [0.4, 0.5) is 5.69 Å². The van der Waals surface area contributed by atoms with Gasteiger partial charge in [0, 0.05) is 23.6 Å². The van der Waals surface area contributed by atoms with Crippen molar-refractivity contribution < 1.29 is 4.79 Å². The van der Waals surface area contributed by atoms with Crippen LogP contribution in [0.3, 0.4) is 0 Å². The van der Waals surface area contributed by atoms with Crippen LogP contribution < -0.4 is 10.6 Å². The third-order valence-electron chi connectivity index (χ3n) is 3.36. The second-order valence-corrected chi connectivity index (χ2v) is 4.69. The molecule has 0 spiro atoms. The van der Waals surface area contributed by atoms with E-state index in [0.29, 0.717) is 5.56 Å². The van der Waals surface area contributed by atoms with E-state index in [1.165, 1.54) is 0 Å². The highest BCUT2D eigenvalue weighted by molar-refractivity contribution is 6.05. The fraction of sp³-hybridized carbons (Fsp3) is 0.250. The summed E-state index contributed by atoms with van der Waals surface area (Å²) in [5.41, 5.74) is 3.20. The van der Waals surface area contributed by atoms with Gasteiger partial charge in [-0.2, -0.15) is 0 Å². The van der Waals surface area contributed by atoms with Crippen LogP contribution in [0.5, 0.6) is 0 Å². The highest BCUT2D eigenvalue weighted by Gasteiger charge is 2.13. The molecule has 0 radical (unpaired) electrons. The Labute approximate surface area is 119 Å². The highest BCUT2D eigenvalue weighted by atomic mass is 16.1. The highest BCUT2D eigenvalue weighted by Crippen LogP contribution is 2.22. The first-order valence-corrected chi connectivity index (χ1v) is 6.62. The van der Waals surface area contributed by atoms with Crippen LogP contribution in [-0.4, -0.2) is 17.9 Å². The zero-order valence-electron chi connectivity index (χ0n) is 12.0. The maximum atomic E-state index is 12.3. The van der Waals surface area contributed by atoms with E-state index in [4.69, 9.17) is 0 Å². The number of nitrogens with one attached hydrogen (secondary N) is 2. The van der Waals surface area contributed by atoms with E-state index in [2.05, 4.69) is 22.5 Å². The van der Waals surface area contributed by atoms with Crippen molar-refractivity contribution in [1.82, 2.24) is 10.3 Å². The van der Waals surface area contributed by atoms with E-state index in [0.717, 1.165) is 16.9 Å². The molecule has 0 aliphatic carbocycles. The quantitative estimate of drug-likeness (QED) is 0.897. The summed E-state index contributed by atoms with van der Waals surface area (Å²) in [4.78, 5) is 16.5. The largest absolute Gasteiger partial charge is 0.322 e. The average molecular weight is 269 g/mol. The van der Waals surface area contributed by atoms with E-state index >= 15 is 0 Å². The number of carbonyl (C=O) groups excluding carboxylic acids is 1. The van der Waals surface area contributed by atoms with Gasteiger partial charge in [0.25, 0.3) is 5.91 Å². The number of pyridine rings is 1. The van der Waals surface area contributed by atoms with Gasteiger partial charge in [0.2, 0.25) is 0 Å². The summed E-state index contributed by atoms with van der Waals surface area (Å²) in [6, 6.07) is 11.5. The van der Waals surface area contributed by atoms with Crippen LogP contribution in [0.2, 0.25) is 0 Å². The number of carbonyl (C=O) groups is 1. The summed E-state index contributed by atoms with van der Waals surface area (Å²) in [7, 11) is 1.90. The number of hydrogen-bond donors (Lipinski definition) is 2. The summed E-state index contributed by atoms with van der Waals surface area (Å²) >= 11 is 0. The average Bonchev–Trinajstić information content (AvgIpc) is 2.47. The minimum Gasteiger partial charge on any atom is -0.322 e. The Kier molecular flexibility index (Phi) is 4.48. The summed E-state index contributed by atoms with van der Waals surface area (Å²) in [6.07, 6.45) is 1.68. The smallest absolute Gasteiger partial charge is 0.257 e. The molecule has 4 heteroatoms. The number of nitrogens with zero attached hydrogens (tertiary/aromatic N) is 1. The predicted molar refractivity (Wildman–Crippen MR) is 80.8 cm³/mol. The number of para-hydroxylation sites is 1. The molecule has 0 fully saturated rings. The molecule has 2 N–H and O–H groups in total. The molecule has 4 nitrogen and oxygen atoms in total. The molecule has 1 unspecified atom stereocenters. The lowest BCUT2D eigenvalue weighted by molar-refractivity contribution is 0.102. The standard InChI is InChI=1S/C16H19N3O/c1-11(17-3)13-7-4-5-9-15(13)19-16(20)14-8-6-10-18-12(14)2/h4-11,17H,1-3H3,(H,19,20). The van der Waals surface area contributed by atoms with Gasteiger partial charge in [0.15, 0.2) is 0 Å². The van der Waals surface area contributed by atoms with Crippen LogP contribution in [0.1, 0.15) is 34.6 Å². The molecular formula is C16H19N3O. The van der Waals surface area contributed by atoms with Gasteiger partial charge in [-0.25, -0.2) is 0 Å². The molecule has 0 saturated carbocycles. The monoisotopic (exact) mass is 269 g/mol. The summed E-state index contributed by atoms with van der Waals surface area (Å²) < 4.78 is 0. The Morgan fingerprint density at radius 3 is 2.65 bits per heavy atom. The van der Waals surface area contributed by atoms with Crippen LogP contribution in [0.25, 0.3) is 0 Å². The van der Waals surface area contributed by atoms with Crippen molar-refractivity contribution >= 4 is 11.6 Å². The molecule has 0 aliphatic heterocycles. The van der Waals surface area contributed by atoms with E-state index in [-0.39, 0.29) is 11.9 Å². The van der Waals surface area contributed by atoms with Crippen LogP contribution in [0, 0.1) is 6.92 Å². The Balaban J connectivity index is 2.27. The lowest BCUT2D eigenvalue weighted by Crippen LogP contribution is -2.18. The molecule has 0 saturated heterocycles.